The summed E-state index contributed by atoms with van der Waals surface area (Å²) < 4.78 is 0. The maximum absolute atomic E-state index is 10.4. The summed E-state index contributed by atoms with van der Waals surface area (Å²) in [5, 5.41) is 10.4. The molecule has 2 aromatic carbocycles. The Morgan fingerprint density at radius 3 is 2.44 bits per heavy atom. The van der Waals surface area contributed by atoms with Crippen molar-refractivity contribution in [2.45, 2.75) is 116 Å². The highest BCUT2D eigenvalue weighted by molar-refractivity contribution is 5.86. The molecule has 3 nitrogen and oxygen atoms in total. The van der Waals surface area contributed by atoms with Crippen LogP contribution in [0.5, 0.6) is 0 Å². The summed E-state index contributed by atoms with van der Waals surface area (Å²) in [6.07, 6.45) is 22.0. The van der Waals surface area contributed by atoms with Crippen molar-refractivity contribution in [2.75, 3.05) is 0 Å². The van der Waals surface area contributed by atoms with Crippen molar-refractivity contribution >= 4 is 23.8 Å². The number of fused-ring (bicyclic) bond motifs is 2. The van der Waals surface area contributed by atoms with Gasteiger partial charge in [-0.05, 0) is 95.7 Å². The molecule has 39 heavy (non-hydrogen) atoms. The van der Waals surface area contributed by atoms with Gasteiger partial charge < -0.3 is 0 Å². The van der Waals surface area contributed by atoms with Crippen LogP contribution in [0.15, 0.2) is 34.3 Å². The Balaban J connectivity index is 1.39. The van der Waals surface area contributed by atoms with Crippen LogP contribution in [0.2, 0.25) is 0 Å². The van der Waals surface area contributed by atoms with Gasteiger partial charge in [-0.2, -0.15) is 5.26 Å². The number of aliphatic imine (C=N–C) groups is 2. The van der Waals surface area contributed by atoms with Crippen LogP contribution in [0.1, 0.15) is 131 Å². The van der Waals surface area contributed by atoms with Gasteiger partial charge in [0, 0.05) is 18.3 Å². The molecule has 2 saturated carbocycles. The predicted octanol–water partition coefficient (Wildman–Crippen LogP) is 10.4. The van der Waals surface area contributed by atoms with Crippen LogP contribution >= 0.6 is 0 Å². The molecule has 0 radical (unpaired) electrons. The first-order chi connectivity index (χ1) is 19.2. The molecule has 204 valence electrons. The molecule has 0 spiro atoms. The zero-order valence-corrected chi connectivity index (χ0v) is 24.1. The highest BCUT2D eigenvalue weighted by atomic mass is 14.8. The lowest BCUT2D eigenvalue weighted by Crippen LogP contribution is -2.26. The van der Waals surface area contributed by atoms with E-state index in [9.17, 15) is 5.26 Å². The van der Waals surface area contributed by atoms with Crippen LogP contribution in [-0.4, -0.2) is 12.4 Å². The van der Waals surface area contributed by atoms with Crippen molar-refractivity contribution in [1.29, 1.82) is 5.26 Å². The molecule has 0 bridgehead atoms. The highest BCUT2D eigenvalue weighted by Crippen LogP contribution is 2.49. The summed E-state index contributed by atoms with van der Waals surface area (Å²) in [6.45, 7) is 4.74. The van der Waals surface area contributed by atoms with Crippen LogP contribution in [-0.2, 0) is 6.42 Å². The minimum absolute atomic E-state index is 0.406. The SMILES string of the molecule is CCC1CC=Nc2c(C#N)c(C3CCCCCC3)cc(-c3ccc4c(c3)N=CC(C(C)C3CCCCC3)C4)c21. The van der Waals surface area contributed by atoms with Crippen LogP contribution in [0, 0.1) is 29.1 Å². The van der Waals surface area contributed by atoms with E-state index in [0.717, 1.165) is 42.1 Å². The maximum atomic E-state index is 10.4. The van der Waals surface area contributed by atoms with Gasteiger partial charge in [0.15, 0.2) is 0 Å². The Kier molecular flexibility index (Phi) is 8.01. The minimum Gasteiger partial charge on any atom is -0.261 e. The third-order valence-electron chi connectivity index (χ3n) is 10.6. The van der Waals surface area contributed by atoms with Crippen LogP contribution < -0.4 is 0 Å². The molecule has 2 aliphatic carbocycles. The average molecular weight is 520 g/mol. The topological polar surface area (TPSA) is 48.5 Å². The largest absolute Gasteiger partial charge is 0.261 e. The van der Waals surface area contributed by atoms with Gasteiger partial charge in [0.25, 0.3) is 0 Å². The van der Waals surface area contributed by atoms with Gasteiger partial charge in [0.2, 0.25) is 0 Å². The number of hydrogen-bond acceptors (Lipinski definition) is 3. The zero-order valence-electron chi connectivity index (χ0n) is 24.1. The first-order valence-corrected chi connectivity index (χ1v) is 16.0. The fourth-order valence-corrected chi connectivity index (χ4v) is 8.12. The molecule has 2 aliphatic heterocycles. The fourth-order valence-electron chi connectivity index (χ4n) is 8.12. The van der Waals surface area contributed by atoms with Crippen molar-refractivity contribution in [3.8, 4) is 17.2 Å². The summed E-state index contributed by atoms with van der Waals surface area (Å²) in [7, 11) is 0. The molecule has 0 aromatic heterocycles. The standard InChI is InChI=1S/C36H45N3/c1-3-25-17-18-38-36-33(22-37)31(27-13-7-4-5-8-14-27)21-32(35(25)36)28-15-16-29-19-30(23-39-34(29)20-28)24(2)26-11-9-6-10-12-26/h15-16,18,20-21,23-27,30H,3-14,17,19H2,1-2H3. The van der Waals surface area contributed by atoms with E-state index >= 15 is 0 Å². The average Bonchev–Trinajstić information content (AvgIpc) is 3.29. The molecule has 4 aliphatic rings. The molecular weight excluding hydrogens is 474 g/mol. The quantitative estimate of drug-likeness (QED) is 0.362. The molecule has 2 heterocycles. The summed E-state index contributed by atoms with van der Waals surface area (Å²) in [4.78, 5) is 9.99. The Hall–Kier alpha value is -2.73. The van der Waals surface area contributed by atoms with Crippen LogP contribution in [0.25, 0.3) is 11.1 Å². The summed E-state index contributed by atoms with van der Waals surface area (Å²) >= 11 is 0. The van der Waals surface area contributed by atoms with Gasteiger partial charge in [0.05, 0.1) is 16.9 Å². The van der Waals surface area contributed by atoms with E-state index in [0.29, 0.717) is 23.7 Å². The first-order valence-electron chi connectivity index (χ1n) is 16.0. The van der Waals surface area contributed by atoms with E-state index in [1.54, 1.807) is 0 Å². The second-order valence-electron chi connectivity index (χ2n) is 12.9. The van der Waals surface area contributed by atoms with E-state index in [-0.39, 0.29) is 0 Å². The van der Waals surface area contributed by atoms with E-state index in [2.05, 4.69) is 56.6 Å². The Morgan fingerprint density at radius 1 is 0.949 bits per heavy atom. The third kappa shape index (κ3) is 5.25. The lowest BCUT2D eigenvalue weighted by atomic mass is 9.73. The van der Waals surface area contributed by atoms with Gasteiger partial charge in [-0.25, -0.2) is 0 Å². The van der Waals surface area contributed by atoms with E-state index in [4.69, 9.17) is 9.98 Å². The number of nitrogens with zero attached hydrogens (tertiary/aromatic N) is 3. The first kappa shape index (κ1) is 26.5. The number of nitriles is 1. The van der Waals surface area contributed by atoms with Crippen molar-refractivity contribution in [3.05, 3.63) is 46.5 Å². The molecule has 0 N–H and O–H groups in total. The fraction of sp³-hybridized carbons (Fsp3) is 0.583. The molecule has 6 rings (SSSR count). The maximum Gasteiger partial charge on any atom is 0.102 e. The Morgan fingerprint density at radius 2 is 1.69 bits per heavy atom. The van der Waals surface area contributed by atoms with Crippen LogP contribution in [0.4, 0.5) is 11.4 Å². The van der Waals surface area contributed by atoms with Crippen molar-refractivity contribution < 1.29 is 0 Å². The van der Waals surface area contributed by atoms with Gasteiger partial charge in [-0.15, -0.1) is 0 Å². The summed E-state index contributed by atoms with van der Waals surface area (Å²) in [5.41, 5.74) is 9.40. The second-order valence-corrected chi connectivity index (χ2v) is 12.9. The van der Waals surface area contributed by atoms with E-state index < -0.39 is 0 Å². The normalized spacial score (nSPS) is 24.4. The number of rotatable bonds is 5. The summed E-state index contributed by atoms with van der Waals surface area (Å²) in [6, 6.07) is 12.0. The molecule has 3 heteroatoms. The van der Waals surface area contributed by atoms with Gasteiger partial charge in [-0.1, -0.05) is 83.8 Å². The summed E-state index contributed by atoms with van der Waals surface area (Å²) in [5.74, 6) is 2.98. The van der Waals surface area contributed by atoms with Gasteiger partial charge in [-0.3, -0.25) is 9.98 Å². The van der Waals surface area contributed by atoms with Crippen molar-refractivity contribution in [2.24, 2.45) is 27.7 Å². The van der Waals surface area contributed by atoms with Crippen molar-refractivity contribution in [3.63, 3.8) is 0 Å². The third-order valence-corrected chi connectivity index (χ3v) is 10.6. The molecule has 2 fully saturated rings. The van der Waals surface area contributed by atoms with E-state index in [1.807, 2.05) is 0 Å². The van der Waals surface area contributed by atoms with Gasteiger partial charge in [0.1, 0.15) is 6.07 Å². The smallest absolute Gasteiger partial charge is 0.102 e. The Bertz CT molecular complexity index is 1280. The zero-order chi connectivity index (χ0) is 26.8. The van der Waals surface area contributed by atoms with Gasteiger partial charge >= 0.3 is 0 Å². The minimum atomic E-state index is 0.406. The Labute approximate surface area is 235 Å². The number of hydrogen-bond donors (Lipinski definition) is 0. The number of benzene rings is 2. The van der Waals surface area contributed by atoms with Crippen LogP contribution in [0.3, 0.4) is 0 Å². The second kappa shape index (κ2) is 11.8. The molecule has 0 amide bonds. The molecular formula is C36H45N3. The van der Waals surface area contributed by atoms with E-state index in [1.165, 1.54) is 98.4 Å². The molecule has 3 unspecified atom stereocenters. The molecule has 0 saturated heterocycles. The lowest BCUT2D eigenvalue weighted by Gasteiger charge is -2.33. The monoisotopic (exact) mass is 519 g/mol. The van der Waals surface area contributed by atoms with Crippen molar-refractivity contribution in [1.82, 2.24) is 0 Å². The molecule has 2 aromatic rings. The predicted molar refractivity (Wildman–Crippen MR) is 164 cm³/mol. The lowest BCUT2D eigenvalue weighted by molar-refractivity contribution is 0.228. The molecule has 3 atom stereocenters. The highest BCUT2D eigenvalue weighted by Gasteiger charge is 2.31.